The second-order valence-electron chi connectivity index (χ2n) is 4.59. The predicted molar refractivity (Wildman–Crippen MR) is 68.0 cm³/mol. The molecule has 3 nitrogen and oxygen atoms in total. The Balaban J connectivity index is 2.30. The molecule has 2 N–H and O–H groups in total. The standard InChI is InChI=1S/C13H19FN2O/c1-16(9-5-3-4-6-9)12-8-13(17-2)11(15)7-10(12)14/h7-9H,3-6,15H2,1-2H3. The molecule has 0 bridgehead atoms. The van der Waals surface area contributed by atoms with Crippen molar-refractivity contribution in [2.24, 2.45) is 0 Å². The summed E-state index contributed by atoms with van der Waals surface area (Å²) in [7, 11) is 3.48. The van der Waals surface area contributed by atoms with Crippen molar-refractivity contribution in [3.8, 4) is 5.75 Å². The van der Waals surface area contributed by atoms with E-state index < -0.39 is 0 Å². The Labute approximate surface area is 101 Å². The number of ether oxygens (including phenoxy) is 1. The van der Waals surface area contributed by atoms with E-state index >= 15 is 0 Å². The van der Waals surface area contributed by atoms with Crippen LogP contribution in [0.3, 0.4) is 0 Å². The number of rotatable bonds is 3. The fourth-order valence-corrected chi connectivity index (χ4v) is 2.49. The molecule has 2 rings (SSSR count). The number of nitrogens with zero attached hydrogens (tertiary/aromatic N) is 1. The summed E-state index contributed by atoms with van der Waals surface area (Å²) in [5, 5.41) is 0. The van der Waals surface area contributed by atoms with Crippen LogP contribution in [0.15, 0.2) is 12.1 Å². The van der Waals surface area contributed by atoms with Gasteiger partial charge in [-0.1, -0.05) is 12.8 Å². The maximum Gasteiger partial charge on any atom is 0.148 e. The average molecular weight is 238 g/mol. The summed E-state index contributed by atoms with van der Waals surface area (Å²) >= 11 is 0. The molecule has 0 atom stereocenters. The summed E-state index contributed by atoms with van der Waals surface area (Å²) in [5.41, 5.74) is 6.58. The Hall–Kier alpha value is -1.45. The quantitative estimate of drug-likeness (QED) is 0.823. The molecule has 1 fully saturated rings. The smallest absolute Gasteiger partial charge is 0.148 e. The third kappa shape index (κ3) is 2.30. The van der Waals surface area contributed by atoms with Crippen molar-refractivity contribution in [3.05, 3.63) is 17.9 Å². The molecule has 94 valence electrons. The summed E-state index contributed by atoms with van der Waals surface area (Å²) in [6.07, 6.45) is 4.71. The molecule has 1 saturated carbocycles. The van der Waals surface area contributed by atoms with Gasteiger partial charge in [-0.25, -0.2) is 4.39 Å². The van der Waals surface area contributed by atoms with E-state index in [1.165, 1.54) is 18.9 Å². The highest BCUT2D eigenvalue weighted by atomic mass is 19.1. The number of nitrogen functional groups attached to an aromatic ring is 1. The number of halogens is 1. The molecule has 0 amide bonds. The predicted octanol–water partition coefficient (Wildman–Crippen LogP) is 2.80. The lowest BCUT2D eigenvalue weighted by Crippen LogP contribution is -2.29. The van der Waals surface area contributed by atoms with Crippen LogP contribution in [0.5, 0.6) is 5.75 Å². The van der Waals surface area contributed by atoms with Gasteiger partial charge < -0.3 is 15.4 Å². The van der Waals surface area contributed by atoms with Crippen molar-refractivity contribution in [2.75, 3.05) is 24.8 Å². The van der Waals surface area contributed by atoms with E-state index in [0.29, 0.717) is 23.2 Å². The molecule has 1 aromatic carbocycles. The molecule has 1 aromatic rings. The number of hydrogen-bond acceptors (Lipinski definition) is 3. The lowest BCUT2D eigenvalue weighted by molar-refractivity contribution is 0.415. The number of benzene rings is 1. The van der Waals surface area contributed by atoms with E-state index in [4.69, 9.17) is 10.5 Å². The van der Waals surface area contributed by atoms with E-state index in [0.717, 1.165) is 12.8 Å². The van der Waals surface area contributed by atoms with Gasteiger partial charge in [0, 0.05) is 25.2 Å². The molecule has 1 aliphatic carbocycles. The Bertz CT molecular complexity index is 403. The van der Waals surface area contributed by atoms with Crippen molar-refractivity contribution < 1.29 is 9.13 Å². The van der Waals surface area contributed by atoms with E-state index in [2.05, 4.69) is 0 Å². The maximum absolute atomic E-state index is 13.9. The zero-order valence-corrected chi connectivity index (χ0v) is 10.4. The van der Waals surface area contributed by atoms with Gasteiger partial charge >= 0.3 is 0 Å². The van der Waals surface area contributed by atoms with Crippen molar-refractivity contribution >= 4 is 11.4 Å². The van der Waals surface area contributed by atoms with Crippen LogP contribution in [0.1, 0.15) is 25.7 Å². The molecule has 1 aliphatic rings. The number of methoxy groups -OCH3 is 1. The lowest BCUT2D eigenvalue weighted by atomic mass is 10.1. The van der Waals surface area contributed by atoms with Crippen LogP contribution in [0.4, 0.5) is 15.8 Å². The largest absolute Gasteiger partial charge is 0.495 e. The summed E-state index contributed by atoms with van der Waals surface area (Å²) < 4.78 is 19.0. The number of hydrogen-bond donors (Lipinski definition) is 1. The Kier molecular flexibility index (Phi) is 3.41. The molecule has 0 radical (unpaired) electrons. The van der Waals surface area contributed by atoms with Crippen molar-refractivity contribution in [1.29, 1.82) is 0 Å². The molecule has 0 unspecified atom stereocenters. The van der Waals surface area contributed by atoms with Crippen LogP contribution in [0.25, 0.3) is 0 Å². The first kappa shape index (κ1) is 12.0. The first-order chi connectivity index (χ1) is 8.13. The summed E-state index contributed by atoms with van der Waals surface area (Å²) in [5.74, 6) is 0.254. The molecule has 4 heteroatoms. The van der Waals surface area contributed by atoms with Crippen molar-refractivity contribution in [2.45, 2.75) is 31.7 Å². The topological polar surface area (TPSA) is 38.5 Å². The average Bonchev–Trinajstić information content (AvgIpc) is 2.82. The second-order valence-corrected chi connectivity index (χ2v) is 4.59. The van der Waals surface area contributed by atoms with Crippen LogP contribution < -0.4 is 15.4 Å². The highest BCUT2D eigenvalue weighted by Crippen LogP contribution is 2.33. The van der Waals surface area contributed by atoms with E-state index in [9.17, 15) is 4.39 Å². The van der Waals surface area contributed by atoms with Crippen LogP contribution in [0.2, 0.25) is 0 Å². The highest BCUT2D eigenvalue weighted by Gasteiger charge is 2.22. The Morgan fingerprint density at radius 3 is 2.59 bits per heavy atom. The maximum atomic E-state index is 13.9. The second kappa shape index (κ2) is 4.82. The molecule has 0 aromatic heterocycles. The highest BCUT2D eigenvalue weighted by molar-refractivity contribution is 5.63. The fraction of sp³-hybridized carbons (Fsp3) is 0.538. The normalized spacial score (nSPS) is 16.2. The van der Waals surface area contributed by atoms with E-state index in [1.807, 2.05) is 11.9 Å². The molecular formula is C13H19FN2O. The van der Waals surface area contributed by atoms with Crippen molar-refractivity contribution in [1.82, 2.24) is 0 Å². The summed E-state index contributed by atoms with van der Waals surface area (Å²) in [6, 6.07) is 3.45. The number of anilines is 2. The molecule has 0 spiro atoms. The molecule has 0 heterocycles. The third-order valence-electron chi connectivity index (χ3n) is 3.55. The minimum atomic E-state index is -0.280. The fourth-order valence-electron chi connectivity index (χ4n) is 2.49. The van der Waals surface area contributed by atoms with Gasteiger partial charge in [-0.05, 0) is 12.8 Å². The first-order valence-electron chi connectivity index (χ1n) is 5.99. The van der Waals surface area contributed by atoms with E-state index in [-0.39, 0.29) is 5.82 Å². The number of nitrogens with two attached hydrogens (primary N) is 1. The zero-order chi connectivity index (χ0) is 12.4. The summed E-state index contributed by atoms with van der Waals surface area (Å²) in [6.45, 7) is 0. The zero-order valence-electron chi connectivity index (χ0n) is 10.4. The Morgan fingerprint density at radius 1 is 1.35 bits per heavy atom. The SMILES string of the molecule is COc1cc(N(C)C2CCCC2)c(F)cc1N. The van der Waals surface area contributed by atoms with Gasteiger partial charge in [-0.15, -0.1) is 0 Å². The van der Waals surface area contributed by atoms with Gasteiger partial charge in [0.15, 0.2) is 0 Å². The monoisotopic (exact) mass is 238 g/mol. The summed E-state index contributed by atoms with van der Waals surface area (Å²) in [4.78, 5) is 2.00. The molecular weight excluding hydrogens is 219 g/mol. The van der Waals surface area contributed by atoms with Gasteiger partial charge in [0.05, 0.1) is 18.5 Å². The van der Waals surface area contributed by atoms with Gasteiger partial charge in [0.2, 0.25) is 0 Å². The Morgan fingerprint density at radius 2 is 2.00 bits per heavy atom. The van der Waals surface area contributed by atoms with Gasteiger partial charge in [0.25, 0.3) is 0 Å². The minimum Gasteiger partial charge on any atom is -0.495 e. The van der Waals surface area contributed by atoms with Crippen LogP contribution in [-0.4, -0.2) is 20.2 Å². The molecule has 0 aliphatic heterocycles. The minimum absolute atomic E-state index is 0.280. The third-order valence-corrected chi connectivity index (χ3v) is 3.55. The van der Waals surface area contributed by atoms with Crippen molar-refractivity contribution in [3.63, 3.8) is 0 Å². The van der Waals surface area contributed by atoms with Gasteiger partial charge in [0.1, 0.15) is 11.6 Å². The molecule has 17 heavy (non-hydrogen) atoms. The van der Waals surface area contributed by atoms with Crippen LogP contribution >= 0.6 is 0 Å². The molecule has 0 saturated heterocycles. The van der Waals surface area contributed by atoms with E-state index in [1.54, 1.807) is 13.2 Å². The first-order valence-corrected chi connectivity index (χ1v) is 5.99. The van der Waals surface area contributed by atoms with Crippen LogP contribution in [0, 0.1) is 5.82 Å². The lowest BCUT2D eigenvalue weighted by Gasteiger charge is -2.27. The van der Waals surface area contributed by atoms with Gasteiger partial charge in [-0.3, -0.25) is 0 Å². The van der Waals surface area contributed by atoms with Gasteiger partial charge in [-0.2, -0.15) is 0 Å². The van der Waals surface area contributed by atoms with Crippen LogP contribution in [-0.2, 0) is 0 Å².